The van der Waals surface area contributed by atoms with Crippen LogP contribution in [0.15, 0.2) is 24.3 Å². The average molecular weight is 395 g/mol. The van der Waals surface area contributed by atoms with Gasteiger partial charge in [-0.25, -0.2) is 0 Å². The van der Waals surface area contributed by atoms with Crippen LogP contribution in [-0.4, -0.2) is 57.6 Å². The van der Waals surface area contributed by atoms with Crippen LogP contribution in [0.5, 0.6) is 5.75 Å². The maximum atomic E-state index is 10.8. The molecule has 25 heavy (non-hydrogen) atoms. The molecule has 10 heteroatoms. The minimum Gasteiger partial charge on any atom is -0.497 e. The molecular formula is C15H25NO7S2. The Kier molecular flexibility index (Phi) is 8.63. The smallest absolute Gasteiger partial charge is 0.264 e. The van der Waals surface area contributed by atoms with Crippen LogP contribution in [0.2, 0.25) is 0 Å². The Morgan fingerprint density at radius 2 is 1.44 bits per heavy atom. The molecule has 0 saturated carbocycles. The van der Waals surface area contributed by atoms with E-state index in [0.29, 0.717) is 44.5 Å². The maximum absolute atomic E-state index is 10.8. The quantitative estimate of drug-likeness (QED) is 0.406. The lowest BCUT2D eigenvalue weighted by atomic mass is 10.2. The van der Waals surface area contributed by atoms with Gasteiger partial charge in [-0.1, -0.05) is 6.07 Å². The lowest BCUT2D eigenvalue weighted by Gasteiger charge is -2.25. The van der Waals surface area contributed by atoms with Gasteiger partial charge in [0.1, 0.15) is 5.75 Å². The molecule has 0 aliphatic heterocycles. The topological polar surface area (TPSA) is 121 Å². The number of unbranched alkanes of at least 4 members (excludes halogenated alkanes) is 2. The number of hydrogen-bond acceptors (Lipinski definition) is 6. The molecule has 1 aromatic rings. The molecule has 8 nitrogen and oxygen atoms in total. The lowest BCUT2D eigenvalue weighted by Crippen LogP contribution is -2.26. The first-order chi connectivity index (χ1) is 11.6. The van der Waals surface area contributed by atoms with E-state index in [9.17, 15) is 16.8 Å². The summed E-state index contributed by atoms with van der Waals surface area (Å²) in [6.45, 7) is 1.10. The van der Waals surface area contributed by atoms with Crippen molar-refractivity contribution >= 4 is 25.9 Å². The Bertz CT molecular complexity index is 692. The fourth-order valence-corrected chi connectivity index (χ4v) is 3.49. The summed E-state index contributed by atoms with van der Waals surface area (Å²) in [7, 11) is -6.38. The number of ether oxygens (including phenoxy) is 1. The molecule has 1 rings (SSSR count). The number of rotatable bonds is 12. The summed E-state index contributed by atoms with van der Waals surface area (Å²) in [5.41, 5.74) is 0.873. The summed E-state index contributed by atoms with van der Waals surface area (Å²) >= 11 is 0. The van der Waals surface area contributed by atoms with Gasteiger partial charge in [0, 0.05) is 24.8 Å². The second-order valence-corrected chi connectivity index (χ2v) is 8.82. The van der Waals surface area contributed by atoms with Gasteiger partial charge in [0.2, 0.25) is 0 Å². The van der Waals surface area contributed by atoms with Crippen LogP contribution in [0.25, 0.3) is 0 Å². The Morgan fingerprint density at radius 1 is 0.920 bits per heavy atom. The van der Waals surface area contributed by atoms with Gasteiger partial charge in [0.25, 0.3) is 20.2 Å². The molecule has 0 fully saturated rings. The van der Waals surface area contributed by atoms with Gasteiger partial charge in [-0.15, -0.1) is 0 Å². The van der Waals surface area contributed by atoms with Crippen molar-refractivity contribution in [1.29, 1.82) is 0 Å². The Balaban J connectivity index is 2.65. The molecule has 0 atom stereocenters. The van der Waals surface area contributed by atoms with E-state index in [1.807, 2.05) is 23.1 Å². The number of benzene rings is 1. The number of nitrogens with zero attached hydrogens (tertiary/aromatic N) is 1. The van der Waals surface area contributed by atoms with Crippen molar-refractivity contribution in [3.05, 3.63) is 24.3 Å². The summed E-state index contributed by atoms with van der Waals surface area (Å²) < 4.78 is 65.9. The van der Waals surface area contributed by atoms with Crippen molar-refractivity contribution in [2.45, 2.75) is 25.7 Å². The van der Waals surface area contributed by atoms with Crippen LogP contribution in [0.3, 0.4) is 0 Å². The lowest BCUT2D eigenvalue weighted by molar-refractivity contribution is 0.414. The van der Waals surface area contributed by atoms with E-state index in [1.54, 1.807) is 13.2 Å². The number of methoxy groups -OCH3 is 1. The summed E-state index contributed by atoms with van der Waals surface area (Å²) in [6, 6.07) is 7.36. The predicted molar refractivity (Wildman–Crippen MR) is 96.5 cm³/mol. The monoisotopic (exact) mass is 395 g/mol. The second-order valence-electron chi connectivity index (χ2n) is 5.67. The van der Waals surface area contributed by atoms with Crippen molar-refractivity contribution in [2.24, 2.45) is 0 Å². The van der Waals surface area contributed by atoms with Gasteiger partial charge in [-0.2, -0.15) is 16.8 Å². The van der Waals surface area contributed by atoms with E-state index in [4.69, 9.17) is 13.8 Å². The highest BCUT2D eigenvalue weighted by Crippen LogP contribution is 2.22. The standard InChI is InChI=1S/C15H25NO7S2/c1-23-15-8-6-7-14(13-15)16(9-2-4-11-24(17,18)19)10-3-5-12-25(20,21)22/h6-8,13H,2-5,9-12H2,1H3,(H,17,18,19)(H,20,21,22). The first-order valence-electron chi connectivity index (χ1n) is 7.90. The first kappa shape index (κ1) is 21.7. The minimum absolute atomic E-state index is 0.290. The zero-order chi connectivity index (χ0) is 18.9. The molecule has 0 aliphatic rings. The molecule has 0 aliphatic carbocycles. The molecule has 1 aromatic carbocycles. The summed E-state index contributed by atoms with van der Waals surface area (Å²) in [5, 5.41) is 0. The minimum atomic E-state index is -3.97. The van der Waals surface area contributed by atoms with E-state index in [1.165, 1.54) is 0 Å². The van der Waals surface area contributed by atoms with Crippen molar-refractivity contribution < 1.29 is 30.7 Å². The van der Waals surface area contributed by atoms with E-state index in [0.717, 1.165) is 5.69 Å². The van der Waals surface area contributed by atoms with Crippen LogP contribution in [-0.2, 0) is 20.2 Å². The van der Waals surface area contributed by atoms with Crippen LogP contribution < -0.4 is 9.64 Å². The maximum Gasteiger partial charge on any atom is 0.264 e. The third-order valence-corrected chi connectivity index (χ3v) is 5.19. The average Bonchev–Trinajstić information content (AvgIpc) is 2.51. The largest absolute Gasteiger partial charge is 0.497 e. The summed E-state index contributed by atoms with van der Waals surface area (Å²) in [6.07, 6.45) is 1.75. The summed E-state index contributed by atoms with van der Waals surface area (Å²) in [5.74, 6) is 0.0991. The van der Waals surface area contributed by atoms with Crippen LogP contribution >= 0.6 is 0 Å². The van der Waals surface area contributed by atoms with E-state index < -0.39 is 20.2 Å². The molecular weight excluding hydrogens is 370 g/mol. The van der Waals surface area contributed by atoms with Crippen molar-refractivity contribution in [2.75, 3.05) is 36.6 Å². The third kappa shape index (κ3) is 10.3. The molecule has 0 unspecified atom stereocenters. The second kappa shape index (κ2) is 9.95. The molecule has 0 amide bonds. The van der Waals surface area contributed by atoms with Gasteiger partial charge in [0.15, 0.2) is 0 Å². The van der Waals surface area contributed by atoms with E-state index in [2.05, 4.69) is 0 Å². The third-order valence-electron chi connectivity index (χ3n) is 3.58. The van der Waals surface area contributed by atoms with Crippen molar-refractivity contribution in [3.8, 4) is 5.75 Å². The van der Waals surface area contributed by atoms with Gasteiger partial charge in [-0.3, -0.25) is 9.11 Å². The highest BCUT2D eigenvalue weighted by molar-refractivity contribution is 7.86. The van der Waals surface area contributed by atoms with Crippen molar-refractivity contribution in [1.82, 2.24) is 0 Å². The van der Waals surface area contributed by atoms with E-state index >= 15 is 0 Å². The molecule has 0 spiro atoms. The zero-order valence-corrected chi connectivity index (χ0v) is 15.8. The Labute approximate surface area is 149 Å². The summed E-state index contributed by atoms with van der Waals surface area (Å²) in [4.78, 5) is 2.00. The van der Waals surface area contributed by atoms with Gasteiger partial charge in [0.05, 0.1) is 18.6 Å². The SMILES string of the molecule is COc1cccc(N(CCCCS(=O)(=O)O)CCCCS(=O)(=O)O)c1. The van der Waals surface area contributed by atoms with Gasteiger partial charge < -0.3 is 9.64 Å². The van der Waals surface area contributed by atoms with Crippen molar-refractivity contribution in [3.63, 3.8) is 0 Å². The van der Waals surface area contributed by atoms with E-state index in [-0.39, 0.29) is 11.5 Å². The molecule has 0 aromatic heterocycles. The number of anilines is 1. The molecule has 0 radical (unpaired) electrons. The fraction of sp³-hybridized carbons (Fsp3) is 0.600. The normalized spacial score (nSPS) is 12.1. The van der Waals surface area contributed by atoms with Crippen LogP contribution in [0.4, 0.5) is 5.69 Å². The zero-order valence-electron chi connectivity index (χ0n) is 14.2. The highest BCUT2D eigenvalue weighted by atomic mass is 32.2. The molecule has 144 valence electrons. The first-order valence-corrected chi connectivity index (χ1v) is 11.1. The molecule has 0 saturated heterocycles. The Hall–Kier alpha value is -1.36. The van der Waals surface area contributed by atoms with Crippen LogP contribution in [0.1, 0.15) is 25.7 Å². The highest BCUT2D eigenvalue weighted by Gasteiger charge is 2.11. The molecule has 0 heterocycles. The number of hydrogen-bond donors (Lipinski definition) is 2. The van der Waals surface area contributed by atoms with Crippen LogP contribution in [0, 0.1) is 0 Å². The van der Waals surface area contributed by atoms with Gasteiger partial charge >= 0.3 is 0 Å². The predicted octanol–water partition coefficient (Wildman–Crippen LogP) is 1.84. The fourth-order valence-electron chi connectivity index (χ4n) is 2.35. The molecule has 0 bridgehead atoms. The van der Waals surface area contributed by atoms with Gasteiger partial charge in [-0.05, 0) is 37.8 Å². The Morgan fingerprint density at radius 3 is 1.88 bits per heavy atom. The molecule has 2 N–H and O–H groups in total.